The van der Waals surface area contributed by atoms with Crippen molar-refractivity contribution in [3.63, 3.8) is 0 Å². The molecule has 0 saturated heterocycles. The molecule has 1 amide bonds. The van der Waals surface area contributed by atoms with Gasteiger partial charge in [0, 0.05) is 24.6 Å². The maximum atomic E-state index is 12.1. The molecule has 1 N–H and O–H groups in total. The van der Waals surface area contributed by atoms with Crippen LogP contribution >= 0.6 is 11.3 Å². The molecule has 0 aliphatic carbocycles. The maximum absolute atomic E-state index is 12.1. The van der Waals surface area contributed by atoms with Crippen LogP contribution in [0.25, 0.3) is 0 Å². The zero-order valence-electron chi connectivity index (χ0n) is 13.8. The summed E-state index contributed by atoms with van der Waals surface area (Å²) in [6.07, 6.45) is 1.64. The van der Waals surface area contributed by atoms with E-state index in [2.05, 4.69) is 10.3 Å². The van der Waals surface area contributed by atoms with E-state index in [1.54, 1.807) is 29.8 Å². The van der Waals surface area contributed by atoms with Crippen LogP contribution in [0.4, 0.5) is 5.13 Å². The molecule has 26 heavy (non-hydrogen) atoms. The monoisotopic (exact) mass is 373 g/mol. The van der Waals surface area contributed by atoms with Crippen molar-refractivity contribution in [3.05, 3.63) is 69.5 Å². The second-order valence-corrected chi connectivity index (χ2v) is 6.19. The number of hydrogen-bond donors (Lipinski definition) is 1. The zero-order chi connectivity index (χ0) is 18.5. The van der Waals surface area contributed by atoms with Crippen molar-refractivity contribution in [3.8, 4) is 0 Å². The average Bonchev–Trinajstić information content (AvgIpc) is 3.24. The summed E-state index contributed by atoms with van der Waals surface area (Å²) in [5.74, 6) is -0.345. The lowest BCUT2D eigenvalue weighted by atomic mass is 10.4. The van der Waals surface area contributed by atoms with Crippen LogP contribution in [-0.2, 0) is 22.7 Å². The van der Waals surface area contributed by atoms with E-state index in [-0.39, 0.29) is 30.4 Å². The Kier molecular flexibility index (Phi) is 5.28. The van der Waals surface area contributed by atoms with Crippen LogP contribution in [-0.4, -0.2) is 21.4 Å². The number of anilines is 1. The lowest BCUT2D eigenvalue weighted by Crippen LogP contribution is -2.17. The van der Waals surface area contributed by atoms with Gasteiger partial charge in [-0.15, -0.1) is 11.3 Å². The summed E-state index contributed by atoms with van der Waals surface area (Å²) in [6.45, 7) is 1.57. The SMILES string of the molecule is CC(=O)Nc1nc(COC(=O)c2ccc(Cn3ccccc3=O)o2)cs1. The fourth-order valence-electron chi connectivity index (χ4n) is 2.12. The second-order valence-electron chi connectivity index (χ2n) is 5.33. The standard InChI is InChI=1S/C17H15N3O5S/c1-11(21)18-17-19-12(10-26-17)9-24-16(23)14-6-5-13(25-14)8-20-7-3-2-4-15(20)22/h2-7,10H,8-9H2,1H3,(H,18,19,21). The zero-order valence-corrected chi connectivity index (χ0v) is 14.6. The predicted octanol–water partition coefficient (Wildman–Crippen LogP) is 2.26. The quantitative estimate of drug-likeness (QED) is 0.665. The molecule has 0 atom stereocenters. The molecule has 0 radical (unpaired) electrons. The number of furan rings is 1. The molecule has 8 nitrogen and oxygen atoms in total. The molecule has 0 aliphatic heterocycles. The van der Waals surface area contributed by atoms with E-state index in [0.29, 0.717) is 16.6 Å². The molecular weight excluding hydrogens is 358 g/mol. The Bertz CT molecular complexity index is 988. The van der Waals surface area contributed by atoms with Crippen LogP contribution in [0, 0.1) is 0 Å². The van der Waals surface area contributed by atoms with Crippen molar-refractivity contribution >= 4 is 28.3 Å². The number of hydrogen-bond acceptors (Lipinski definition) is 7. The summed E-state index contributed by atoms with van der Waals surface area (Å²) >= 11 is 1.24. The van der Waals surface area contributed by atoms with Crippen LogP contribution < -0.4 is 10.9 Å². The van der Waals surface area contributed by atoms with Crippen LogP contribution in [0.15, 0.2) is 51.1 Å². The van der Waals surface area contributed by atoms with E-state index in [0.717, 1.165) is 0 Å². The highest BCUT2D eigenvalue weighted by atomic mass is 32.1. The summed E-state index contributed by atoms with van der Waals surface area (Å²) in [5, 5.41) is 4.69. The van der Waals surface area contributed by atoms with Gasteiger partial charge in [-0.05, 0) is 18.2 Å². The first-order chi connectivity index (χ1) is 12.5. The number of esters is 1. The van der Waals surface area contributed by atoms with Crippen molar-refractivity contribution < 1.29 is 18.7 Å². The van der Waals surface area contributed by atoms with E-state index in [9.17, 15) is 14.4 Å². The third-order valence-corrected chi connectivity index (χ3v) is 4.08. The third kappa shape index (κ3) is 4.45. The number of nitrogens with one attached hydrogen (secondary N) is 1. The summed E-state index contributed by atoms with van der Waals surface area (Å²) in [4.78, 5) is 38.8. The van der Waals surface area contributed by atoms with Gasteiger partial charge < -0.3 is 19.0 Å². The summed E-state index contributed by atoms with van der Waals surface area (Å²) in [6, 6.07) is 7.95. The lowest BCUT2D eigenvalue weighted by molar-refractivity contribution is -0.114. The van der Waals surface area contributed by atoms with Gasteiger partial charge in [0.05, 0.1) is 12.2 Å². The highest BCUT2D eigenvalue weighted by molar-refractivity contribution is 7.13. The molecule has 0 unspecified atom stereocenters. The molecule has 3 aromatic rings. The number of thiazole rings is 1. The predicted molar refractivity (Wildman–Crippen MR) is 94.0 cm³/mol. The Balaban J connectivity index is 1.58. The van der Waals surface area contributed by atoms with E-state index in [1.807, 2.05) is 0 Å². The number of ether oxygens (including phenoxy) is 1. The van der Waals surface area contributed by atoms with Crippen molar-refractivity contribution in [2.75, 3.05) is 5.32 Å². The molecular formula is C17H15N3O5S. The highest BCUT2D eigenvalue weighted by Gasteiger charge is 2.14. The minimum absolute atomic E-state index is 0.0386. The first-order valence-corrected chi connectivity index (χ1v) is 8.52. The first-order valence-electron chi connectivity index (χ1n) is 7.64. The van der Waals surface area contributed by atoms with Gasteiger partial charge in [-0.3, -0.25) is 9.59 Å². The first kappa shape index (κ1) is 17.6. The van der Waals surface area contributed by atoms with Gasteiger partial charge in [0.25, 0.3) is 5.56 Å². The van der Waals surface area contributed by atoms with Crippen molar-refractivity contribution in [1.82, 2.24) is 9.55 Å². The fraction of sp³-hybridized carbons (Fsp3) is 0.176. The van der Waals surface area contributed by atoms with Crippen LogP contribution in [0.3, 0.4) is 0 Å². The minimum Gasteiger partial charge on any atom is -0.453 e. The van der Waals surface area contributed by atoms with Crippen molar-refractivity contribution in [1.29, 1.82) is 0 Å². The van der Waals surface area contributed by atoms with Crippen LogP contribution in [0.1, 0.15) is 28.9 Å². The number of pyridine rings is 1. The third-order valence-electron chi connectivity index (χ3n) is 3.27. The molecule has 3 aromatic heterocycles. The Labute approximate surface area is 152 Å². The van der Waals surface area contributed by atoms with Gasteiger partial charge in [0.2, 0.25) is 11.7 Å². The van der Waals surface area contributed by atoms with Crippen molar-refractivity contribution in [2.24, 2.45) is 0 Å². The van der Waals surface area contributed by atoms with E-state index >= 15 is 0 Å². The van der Waals surface area contributed by atoms with Gasteiger partial charge in [0.15, 0.2) is 5.13 Å². The fourth-order valence-corrected chi connectivity index (χ4v) is 2.86. The molecule has 134 valence electrons. The van der Waals surface area contributed by atoms with Crippen LogP contribution in [0.2, 0.25) is 0 Å². The Morgan fingerprint density at radius 3 is 2.92 bits per heavy atom. The summed E-state index contributed by atoms with van der Waals surface area (Å²) in [7, 11) is 0. The lowest BCUT2D eigenvalue weighted by Gasteiger charge is -2.02. The number of aromatic nitrogens is 2. The molecule has 9 heteroatoms. The molecule has 0 spiro atoms. The summed E-state index contributed by atoms with van der Waals surface area (Å²) < 4.78 is 12.1. The van der Waals surface area contributed by atoms with E-state index in [4.69, 9.17) is 9.15 Å². The second kappa shape index (κ2) is 7.79. The van der Waals surface area contributed by atoms with Crippen molar-refractivity contribution in [2.45, 2.75) is 20.1 Å². The van der Waals surface area contributed by atoms with Gasteiger partial charge in [0.1, 0.15) is 12.4 Å². The molecule has 3 heterocycles. The molecule has 3 rings (SSSR count). The molecule has 0 fully saturated rings. The number of rotatable bonds is 6. The summed E-state index contributed by atoms with van der Waals surface area (Å²) in [5.41, 5.74) is 0.362. The topological polar surface area (TPSA) is 103 Å². The number of nitrogens with zero attached hydrogens (tertiary/aromatic N) is 2. The normalized spacial score (nSPS) is 10.5. The number of carbonyl (C=O) groups excluding carboxylic acids is 2. The Morgan fingerprint density at radius 2 is 2.15 bits per heavy atom. The molecule has 0 aromatic carbocycles. The average molecular weight is 373 g/mol. The van der Waals surface area contributed by atoms with E-state index < -0.39 is 5.97 Å². The largest absolute Gasteiger partial charge is 0.453 e. The van der Waals surface area contributed by atoms with E-state index in [1.165, 1.54) is 35.0 Å². The van der Waals surface area contributed by atoms with Gasteiger partial charge in [-0.2, -0.15) is 0 Å². The smallest absolute Gasteiger partial charge is 0.374 e. The minimum atomic E-state index is -0.634. The number of carbonyl (C=O) groups is 2. The van der Waals surface area contributed by atoms with Crippen LogP contribution in [0.5, 0.6) is 0 Å². The maximum Gasteiger partial charge on any atom is 0.374 e. The Hall–Kier alpha value is -3.20. The van der Waals surface area contributed by atoms with Gasteiger partial charge in [-0.25, -0.2) is 9.78 Å². The van der Waals surface area contributed by atoms with Gasteiger partial charge in [-0.1, -0.05) is 6.07 Å². The molecule has 0 bridgehead atoms. The molecule has 0 aliphatic rings. The highest BCUT2D eigenvalue weighted by Crippen LogP contribution is 2.17. The number of amides is 1. The van der Waals surface area contributed by atoms with Gasteiger partial charge >= 0.3 is 5.97 Å². The Morgan fingerprint density at radius 1 is 1.31 bits per heavy atom. The molecule has 0 saturated carbocycles.